The van der Waals surface area contributed by atoms with E-state index in [0.29, 0.717) is 18.3 Å². The predicted molar refractivity (Wildman–Crippen MR) is 64.4 cm³/mol. The third kappa shape index (κ3) is 3.93. The first-order valence-electron chi connectivity index (χ1n) is 4.11. The normalized spacial score (nSPS) is 9.50. The third-order valence-electron chi connectivity index (χ3n) is 1.50. The zero-order valence-electron chi connectivity index (χ0n) is 7.50. The molecule has 0 saturated carbocycles. The molecule has 0 aromatic heterocycles. The number of nitrogens with one attached hydrogen (secondary N) is 1. The van der Waals surface area contributed by atoms with Crippen LogP contribution in [0.5, 0.6) is 5.75 Å². The van der Waals surface area contributed by atoms with Crippen LogP contribution >= 0.6 is 28.1 Å². The van der Waals surface area contributed by atoms with Crippen molar-refractivity contribution in [3.63, 3.8) is 0 Å². The Kier molecular flexibility index (Phi) is 4.69. The number of benzene rings is 1. The molecule has 1 aromatic rings. The SMILES string of the molecule is NC(=S)NCCOc1ccccc1Br. The first-order chi connectivity index (χ1) is 6.70. The van der Waals surface area contributed by atoms with E-state index < -0.39 is 0 Å². The maximum atomic E-state index is 5.46. The molecule has 1 rings (SSSR count). The van der Waals surface area contributed by atoms with Crippen LogP contribution in [0.15, 0.2) is 28.7 Å². The van der Waals surface area contributed by atoms with E-state index in [1.165, 1.54) is 0 Å². The van der Waals surface area contributed by atoms with Gasteiger partial charge in [0.05, 0.1) is 11.0 Å². The van der Waals surface area contributed by atoms with Gasteiger partial charge in [0, 0.05) is 0 Å². The van der Waals surface area contributed by atoms with E-state index in [-0.39, 0.29) is 0 Å². The van der Waals surface area contributed by atoms with Crippen molar-refractivity contribution in [3.05, 3.63) is 28.7 Å². The molecule has 0 aliphatic carbocycles. The topological polar surface area (TPSA) is 47.3 Å². The quantitative estimate of drug-likeness (QED) is 0.648. The summed E-state index contributed by atoms with van der Waals surface area (Å²) in [5, 5.41) is 3.10. The lowest BCUT2D eigenvalue weighted by Crippen LogP contribution is -2.32. The molecule has 3 nitrogen and oxygen atoms in total. The Balaban J connectivity index is 2.31. The minimum absolute atomic E-state index is 0.292. The fourth-order valence-corrected chi connectivity index (χ4v) is 1.40. The van der Waals surface area contributed by atoms with Crippen LogP contribution < -0.4 is 15.8 Å². The molecule has 0 radical (unpaired) electrons. The largest absolute Gasteiger partial charge is 0.491 e. The molecule has 0 atom stereocenters. The van der Waals surface area contributed by atoms with Crippen molar-refractivity contribution >= 4 is 33.3 Å². The molecule has 0 heterocycles. The van der Waals surface area contributed by atoms with Gasteiger partial charge in [0.15, 0.2) is 5.11 Å². The number of thiocarbonyl (C=S) groups is 1. The van der Waals surface area contributed by atoms with E-state index in [0.717, 1.165) is 10.2 Å². The fraction of sp³-hybridized carbons (Fsp3) is 0.222. The lowest BCUT2D eigenvalue weighted by molar-refractivity contribution is 0.320. The van der Waals surface area contributed by atoms with Crippen molar-refractivity contribution in [2.24, 2.45) is 5.73 Å². The Bertz CT molecular complexity index is 319. The molecule has 14 heavy (non-hydrogen) atoms. The summed E-state index contributed by atoms with van der Waals surface area (Å²) < 4.78 is 6.40. The Hall–Kier alpha value is -0.810. The zero-order valence-corrected chi connectivity index (χ0v) is 9.90. The van der Waals surface area contributed by atoms with Gasteiger partial charge in [-0.3, -0.25) is 0 Å². The summed E-state index contributed by atoms with van der Waals surface area (Å²) in [5.41, 5.74) is 5.26. The highest BCUT2D eigenvalue weighted by molar-refractivity contribution is 9.10. The van der Waals surface area contributed by atoms with E-state index in [9.17, 15) is 0 Å². The molecule has 0 fully saturated rings. The summed E-state index contributed by atoms with van der Waals surface area (Å²) in [7, 11) is 0. The molecule has 1 aromatic carbocycles. The first kappa shape index (κ1) is 11.3. The van der Waals surface area contributed by atoms with Gasteiger partial charge in [0.25, 0.3) is 0 Å². The number of hydrogen-bond acceptors (Lipinski definition) is 2. The van der Waals surface area contributed by atoms with Crippen LogP contribution in [-0.2, 0) is 0 Å². The number of rotatable bonds is 4. The fourth-order valence-electron chi connectivity index (χ4n) is 0.897. The monoisotopic (exact) mass is 274 g/mol. The van der Waals surface area contributed by atoms with E-state index in [2.05, 4.69) is 33.5 Å². The van der Waals surface area contributed by atoms with Crippen LogP contribution in [-0.4, -0.2) is 18.3 Å². The summed E-state index contributed by atoms with van der Waals surface area (Å²) in [6.07, 6.45) is 0. The molecular weight excluding hydrogens is 264 g/mol. The molecule has 5 heteroatoms. The lowest BCUT2D eigenvalue weighted by atomic mass is 10.3. The summed E-state index contributed by atoms with van der Waals surface area (Å²) in [4.78, 5) is 0. The van der Waals surface area contributed by atoms with Crippen molar-refractivity contribution in [2.75, 3.05) is 13.2 Å². The van der Waals surface area contributed by atoms with Gasteiger partial charge < -0.3 is 15.8 Å². The van der Waals surface area contributed by atoms with Crippen molar-refractivity contribution < 1.29 is 4.74 Å². The second-order valence-electron chi connectivity index (χ2n) is 2.57. The first-order valence-corrected chi connectivity index (χ1v) is 5.31. The zero-order chi connectivity index (χ0) is 10.4. The molecular formula is C9H11BrN2OS. The highest BCUT2D eigenvalue weighted by atomic mass is 79.9. The van der Waals surface area contributed by atoms with E-state index in [4.69, 9.17) is 10.5 Å². The van der Waals surface area contributed by atoms with E-state index in [1.807, 2.05) is 24.3 Å². The molecule has 0 aliphatic rings. The molecule has 76 valence electrons. The summed E-state index contributed by atoms with van der Waals surface area (Å²) in [5.74, 6) is 0.817. The average Bonchev–Trinajstić information content (AvgIpc) is 2.15. The highest BCUT2D eigenvalue weighted by Crippen LogP contribution is 2.23. The average molecular weight is 275 g/mol. The molecule has 0 amide bonds. The van der Waals surface area contributed by atoms with Crippen LogP contribution in [0.2, 0.25) is 0 Å². The van der Waals surface area contributed by atoms with Gasteiger partial charge in [-0.25, -0.2) is 0 Å². The van der Waals surface area contributed by atoms with Gasteiger partial charge in [0.2, 0.25) is 0 Å². The smallest absolute Gasteiger partial charge is 0.163 e. The van der Waals surface area contributed by atoms with Crippen LogP contribution in [0.3, 0.4) is 0 Å². The van der Waals surface area contributed by atoms with Crippen LogP contribution in [0.1, 0.15) is 0 Å². The second-order valence-corrected chi connectivity index (χ2v) is 3.86. The minimum Gasteiger partial charge on any atom is -0.491 e. The molecule has 0 unspecified atom stereocenters. The number of para-hydroxylation sites is 1. The molecule has 0 bridgehead atoms. The standard InChI is InChI=1S/C9H11BrN2OS/c10-7-3-1-2-4-8(7)13-6-5-12-9(11)14/h1-4H,5-6H2,(H3,11,12,14). The number of nitrogens with two attached hydrogens (primary N) is 1. The van der Waals surface area contributed by atoms with Gasteiger partial charge in [-0.05, 0) is 40.3 Å². The van der Waals surface area contributed by atoms with Crippen molar-refractivity contribution in [2.45, 2.75) is 0 Å². The van der Waals surface area contributed by atoms with Crippen LogP contribution in [0.25, 0.3) is 0 Å². The van der Waals surface area contributed by atoms with Gasteiger partial charge >= 0.3 is 0 Å². The van der Waals surface area contributed by atoms with Gasteiger partial charge in [-0.15, -0.1) is 0 Å². The van der Waals surface area contributed by atoms with Crippen molar-refractivity contribution in [3.8, 4) is 5.75 Å². The molecule has 3 N–H and O–H groups in total. The Morgan fingerprint density at radius 2 is 2.21 bits per heavy atom. The van der Waals surface area contributed by atoms with Crippen molar-refractivity contribution in [1.82, 2.24) is 5.32 Å². The predicted octanol–water partition coefficient (Wildman–Crippen LogP) is 1.66. The molecule has 0 saturated heterocycles. The van der Waals surface area contributed by atoms with E-state index in [1.54, 1.807) is 0 Å². The lowest BCUT2D eigenvalue weighted by Gasteiger charge is -2.08. The summed E-state index contributed by atoms with van der Waals surface area (Å²) in [6, 6.07) is 7.67. The Labute approximate surface area is 96.8 Å². The Morgan fingerprint density at radius 3 is 2.86 bits per heavy atom. The number of hydrogen-bond donors (Lipinski definition) is 2. The van der Waals surface area contributed by atoms with Gasteiger partial charge in [-0.1, -0.05) is 12.1 Å². The number of halogens is 1. The molecule has 0 aliphatic heterocycles. The minimum atomic E-state index is 0.292. The maximum absolute atomic E-state index is 5.46. The highest BCUT2D eigenvalue weighted by Gasteiger charge is 1.97. The van der Waals surface area contributed by atoms with E-state index >= 15 is 0 Å². The van der Waals surface area contributed by atoms with Crippen LogP contribution in [0, 0.1) is 0 Å². The Morgan fingerprint density at radius 1 is 1.50 bits per heavy atom. The van der Waals surface area contributed by atoms with Crippen molar-refractivity contribution in [1.29, 1.82) is 0 Å². The second kappa shape index (κ2) is 5.82. The van der Waals surface area contributed by atoms with Gasteiger partial charge in [-0.2, -0.15) is 0 Å². The molecule has 0 spiro atoms. The van der Waals surface area contributed by atoms with Gasteiger partial charge in [0.1, 0.15) is 12.4 Å². The maximum Gasteiger partial charge on any atom is 0.163 e. The third-order valence-corrected chi connectivity index (χ3v) is 2.29. The number of ether oxygens (including phenoxy) is 1. The summed E-state index contributed by atoms with van der Waals surface area (Å²) >= 11 is 8.03. The van der Waals surface area contributed by atoms with Crippen LogP contribution in [0.4, 0.5) is 0 Å². The summed E-state index contributed by atoms with van der Waals surface area (Å²) in [6.45, 7) is 1.14.